The van der Waals surface area contributed by atoms with Crippen LogP contribution in [0.25, 0.3) is 0 Å². The van der Waals surface area contributed by atoms with Crippen LogP contribution in [0.3, 0.4) is 0 Å². The fourth-order valence-electron chi connectivity index (χ4n) is 3.70. The SMILES string of the molecule is CN=C(NCC1CCN(Cc2nc(C)c(C)o2)CC1)N(C)CCOc1ccc(F)cc1. The minimum absolute atomic E-state index is 0.261. The number of ether oxygens (including phenoxy) is 1. The molecular weight excluding hydrogens is 397 g/mol. The van der Waals surface area contributed by atoms with E-state index in [1.165, 1.54) is 12.1 Å². The number of oxazole rings is 1. The van der Waals surface area contributed by atoms with E-state index in [1.807, 2.05) is 25.8 Å². The summed E-state index contributed by atoms with van der Waals surface area (Å²) in [5.41, 5.74) is 0.979. The zero-order valence-electron chi connectivity index (χ0n) is 19.0. The summed E-state index contributed by atoms with van der Waals surface area (Å²) in [6.45, 7) is 8.92. The van der Waals surface area contributed by atoms with Crippen molar-refractivity contribution in [1.82, 2.24) is 20.1 Å². The summed E-state index contributed by atoms with van der Waals surface area (Å²) in [7, 11) is 3.79. The molecule has 0 radical (unpaired) electrons. The summed E-state index contributed by atoms with van der Waals surface area (Å²) in [5.74, 6) is 3.60. The number of halogens is 1. The first-order valence-corrected chi connectivity index (χ1v) is 10.9. The van der Waals surface area contributed by atoms with Crippen molar-refractivity contribution in [3.63, 3.8) is 0 Å². The average Bonchev–Trinajstić information content (AvgIpc) is 3.08. The molecule has 0 saturated carbocycles. The highest BCUT2D eigenvalue weighted by molar-refractivity contribution is 5.79. The maximum atomic E-state index is 13.0. The Morgan fingerprint density at radius 1 is 1.29 bits per heavy atom. The van der Waals surface area contributed by atoms with E-state index in [2.05, 4.69) is 20.2 Å². The van der Waals surface area contributed by atoms with Gasteiger partial charge in [-0.2, -0.15) is 0 Å². The highest BCUT2D eigenvalue weighted by Crippen LogP contribution is 2.19. The Kier molecular flexibility index (Phi) is 8.28. The molecule has 1 N–H and O–H groups in total. The predicted molar refractivity (Wildman–Crippen MR) is 120 cm³/mol. The molecule has 1 aromatic heterocycles. The molecule has 1 aromatic carbocycles. The molecule has 0 atom stereocenters. The van der Waals surface area contributed by atoms with E-state index in [-0.39, 0.29) is 5.82 Å². The fraction of sp³-hybridized carbons (Fsp3) is 0.565. The molecule has 1 aliphatic heterocycles. The number of benzene rings is 1. The van der Waals surface area contributed by atoms with Gasteiger partial charge in [-0.05, 0) is 70.0 Å². The van der Waals surface area contributed by atoms with Gasteiger partial charge >= 0.3 is 0 Å². The number of likely N-dealkylation sites (N-methyl/N-ethyl adjacent to an activating group) is 1. The van der Waals surface area contributed by atoms with E-state index in [0.717, 1.165) is 62.3 Å². The van der Waals surface area contributed by atoms with Crippen LogP contribution in [0.5, 0.6) is 5.75 Å². The molecule has 1 saturated heterocycles. The Balaban J connectivity index is 1.35. The van der Waals surface area contributed by atoms with Gasteiger partial charge in [0.2, 0.25) is 5.89 Å². The number of aliphatic imine (C=N–C) groups is 1. The number of rotatable bonds is 8. The van der Waals surface area contributed by atoms with Crippen LogP contribution in [0.15, 0.2) is 33.7 Å². The van der Waals surface area contributed by atoms with Crippen molar-refractivity contribution in [2.24, 2.45) is 10.9 Å². The molecule has 7 nitrogen and oxygen atoms in total. The van der Waals surface area contributed by atoms with Crippen LogP contribution in [0.2, 0.25) is 0 Å². The summed E-state index contributed by atoms with van der Waals surface area (Å²) >= 11 is 0. The second-order valence-electron chi connectivity index (χ2n) is 8.12. The second kappa shape index (κ2) is 11.1. The summed E-state index contributed by atoms with van der Waals surface area (Å²) < 4.78 is 24.4. The van der Waals surface area contributed by atoms with E-state index in [1.54, 1.807) is 19.2 Å². The normalized spacial score (nSPS) is 15.8. The number of nitrogens with one attached hydrogen (secondary N) is 1. The zero-order valence-corrected chi connectivity index (χ0v) is 19.0. The van der Waals surface area contributed by atoms with Gasteiger partial charge in [-0.1, -0.05) is 0 Å². The Morgan fingerprint density at radius 2 is 2.00 bits per heavy atom. The number of piperidine rings is 1. The summed E-state index contributed by atoms with van der Waals surface area (Å²) in [5, 5.41) is 3.49. The first-order valence-electron chi connectivity index (χ1n) is 10.9. The molecule has 0 bridgehead atoms. The molecule has 2 aromatic rings. The lowest BCUT2D eigenvalue weighted by atomic mass is 9.97. The zero-order chi connectivity index (χ0) is 22.2. The topological polar surface area (TPSA) is 66.1 Å². The van der Waals surface area contributed by atoms with Gasteiger partial charge in [-0.3, -0.25) is 9.89 Å². The molecule has 170 valence electrons. The number of aryl methyl sites for hydroxylation is 2. The van der Waals surface area contributed by atoms with Crippen LogP contribution in [0.4, 0.5) is 4.39 Å². The van der Waals surface area contributed by atoms with E-state index in [4.69, 9.17) is 9.15 Å². The molecule has 1 fully saturated rings. The molecule has 2 heterocycles. The minimum Gasteiger partial charge on any atom is -0.492 e. The summed E-state index contributed by atoms with van der Waals surface area (Å²) in [6.07, 6.45) is 2.28. The van der Waals surface area contributed by atoms with Crippen LogP contribution in [-0.2, 0) is 6.54 Å². The summed E-state index contributed by atoms with van der Waals surface area (Å²) in [4.78, 5) is 13.3. The van der Waals surface area contributed by atoms with E-state index in [9.17, 15) is 4.39 Å². The summed E-state index contributed by atoms with van der Waals surface area (Å²) in [6, 6.07) is 6.08. The molecular formula is C23H34FN5O2. The number of hydrogen-bond donors (Lipinski definition) is 1. The first-order chi connectivity index (χ1) is 14.9. The Morgan fingerprint density at radius 3 is 2.61 bits per heavy atom. The van der Waals surface area contributed by atoms with Crippen molar-refractivity contribution in [1.29, 1.82) is 0 Å². The van der Waals surface area contributed by atoms with Gasteiger partial charge in [0, 0.05) is 20.6 Å². The number of aromatic nitrogens is 1. The van der Waals surface area contributed by atoms with Crippen LogP contribution < -0.4 is 10.1 Å². The lowest BCUT2D eigenvalue weighted by Crippen LogP contribution is -2.44. The average molecular weight is 432 g/mol. The Labute approximate surface area is 184 Å². The van der Waals surface area contributed by atoms with E-state index in [0.29, 0.717) is 24.8 Å². The molecule has 0 spiro atoms. The van der Waals surface area contributed by atoms with Crippen molar-refractivity contribution >= 4 is 5.96 Å². The molecule has 0 amide bonds. The van der Waals surface area contributed by atoms with Gasteiger partial charge in [-0.15, -0.1) is 0 Å². The van der Waals surface area contributed by atoms with Crippen LogP contribution in [0.1, 0.15) is 30.2 Å². The molecule has 3 rings (SSSR count). The Hall–Kier alpha value is -2.61. The molecule has 0 aliphatic carbocycles. The molecule has 0 unspecified atom stereocenters. The number of hydrogen-bond acceptors (Lipinski definition) is 5. The maximum Gasteiger partial charge on any atom is 0.208 e. The van der Waals surface area contributed by atoms with Crippen LogP contribution in [0, 0.1) is 25.6 Å². The fourth-order valence-corrected chi connectivity index (χ4v) is 3.70. The second-order valence-corrected chi connectivity index (χ2v) is 8.12. The van der Waals surface area contributed by atoms with Gasteiger partial charge in [0.05, 0.1) is 18.8 Å². The number of nitrogens with zero attached hydrogens (tertiary/aromatic N) is 4. The molecule has 1 aliphatic rings. The van der Waals surface area contributed by atoms with Crippen molar-refractivity contribution in [3.05, 3.63) is 47.4 Å². The van der Waals surface area contributed by atoms with Crippen molar-refractivity contribution in [2.75, 3.05) is 46.9 Å². The quantitative estimate of drug-likeness (QED) is 0.511. The molecule has 8 heteroatoms. The van der Waals surface area contributed by atoms with Crippen molar-refractivity contribution in [3.8, 4) is 5.75 Å². The minimum atomic E-state index is -0.261. The largest absolute Gasteiger partial charge is 0.492 e. The van der Waals surface area contributed by atoms with Crippen LogP contribution in [-0.4, -0.2) is 67.6 Å². The highest BCUT2D eigenvalue weighted by Gasteiger charge is 2.21. The van der Waals surface area contributed by atoms with Gasteiger partial charge < -0.3 is 19.4 Å². The number of likely N-dealkylation sites (tertiary alicyclic amines) is 1. The lowest BCUT2D eigenvalue weighted by molar-refractivity contribution is 0.163. The predicted octanol–water partition coefficient (Wildman–Crippen LogP) is 3.23. The smallest absolute Gasteiger partial charge is 0.208 e. The highest BCUT2D eigenvalue weighted by atomic mass is 19.1. The van der Waals surface area contributed by atoms with Gasteiger partial charge in [0.1, 0.15) is 23.9 Å². The standard InChI is InChI=1S/C23H34FN5O2/c1-17-18(2)31-22(27-17)16-29-11-9-19(10-12-29)15-26-23(25-3)28(4)13-14-30-21-7-5-20(24)6-8-21/h5-8,19H,9-16H2,1-4H3,(H,25,26). The third-order valence-corrected chi connectivity index (χ3v) is 5.77. The van der Waals surface area contributed by atoms with E-state index >= 15 is 0 Å². The number of guanidine groups is 1. The van der Waals surface area contributed by atoms with Crippen LogP contribution >= 0.6 is 0 Å². The third kappa shape index (κ3) is 6.95. The Bertz CT molecular complexity index is 825. The lowest BCUT2D eigenvalue weighted by Gasteiger charge is -2.32. The molecule has 31 heavy (non-hydrogen) atoms. The third-order valence-electron chi connectivity index (χ3n) is 5.77. The van der Waals surface area contributed by atoms with Crippen molar-refractivity contribution in [2.45, 2.75) is 33.2 Å². The first kappa shape index (κ1) is 23.1. The monoisotopic (exact) mass is 431 g/mol. The van der Waals surface area contributed by atoms with Gasteiger partial charge in [0.25, 0.3) is 0 Å². The van der Waals surface area contributed by atoms with Crippen molar-refractivity contribution < 1.29 is 13.5 Å². The van der Waals surface area contributed by atoms with E-state index < -0.39 is 0 Å². The van der Waals surface area contributed by atoms with Gasteiger partial charge in [0.15, 0.2) is 5.96 Å². The van der Waals surface area contributed by atoms with Gasteiger partial charge in [-0.25, -0.2) is 9.37 Å². The maximum absolute atomic E-state index is 13.0.